The Balaban J connectivity index is 1.63. The Morgan fingerprint density at radius 1 is 1.35 bits per heavy atom. The Morgan fingerprint density at radius 2 is 2.13 bits per heavy atom. The zero-order valence-electron chi connectivity index (χ0n) is 15.0. The van der Waals surface area contributed by atoms with E-state index in [1.165, 1.54) is 19.3 Å². The summed E-state index contributed by atoms with van der Waals surface area (Å²) in [5.74, 6) is 8.18. The third-order valence-electron chi connectivity index (χ3n) is 6.73. The van der Waals surface area contributed by atoms with Crippen molar-refractivity contribution in [1.82, 2.24) is 0 Å². The molecule has 0 unspecified atom stereocenters. The molecule has 0 saturated heterocycles. The molecule has 0 amide bonds. The van der Waals surface area contributed by atoms with Crippen LogP contribution in [0.3, 0.4) is 0 Å². The fourth-order valence-corrected chi connectivity index (χ4v) is 5.16. The molecule has 0 aromatic rings. The predicted molar refractivity (Wildman–Crippen MR) is 89.7 cm³/mol. The lowest BCUT2D eigenvalue weighted by Gasteiger charge is -2.40. The van der Waals surface area contributed by atoms with Crippen LogP contribution in [0.2, 0.25) is 0 Å². The molecule has 3 saturated carbocycles. The lowest BCUT2D eigenvalue weighted by atomic mass is 9.62. The molecular formula is C20H30O3. The van der Waals surface area contributed by atoms with Crippen LogP contribution < -0.4 is 0 Å². The van der Waals surface area contributed by atoms with Gasteiger partial charge >= 0.3 is 0 Å². The maximum atomic E-state index is 12.3. The van der Waals surface area contributed by atoms with Crippen LogP contribution in [-0.4, -0.2) is 25.3 Å². The molecule has 3 aliphatic carbocycles. The summed E-state index contributed by atoms with van der Waals surface area (Å²) in [7, 11) is 1.64. The maximum Gasteiger partial charge on any atom is 0.147 e. The number of ketones is 1. The first-order chi connectivity index (χ1) is 10.8. The predicted octanol–water partition coefficient (Wildman–Crippen LogP) is 3.95. The number of hydrogen-bond donors (Lipinski definition) is 0. The van der Waals surface area contributed by atoms with E-state index < -0.39 is 0 Å². The largest absolute Gasteiger partial charge is 0.359 e. The van der Waals surface area contributed by atoms with Crippen LogP contribution in [0.25, 0.3) is 0 Å². The third kappa shape index (κ3) is 2.85. The van der Waals surface area contributed by atoms with Gasteiger partial charge in [0, 0.05) is 31.8 Å². The van der Waals surface area contributed by atoms with Gasteiger partial charge in [-0.3, -0.25) is 4.79 Å². The molecule has 3 nitrogen and oxygen atoms in total. The van der Waals surface area contributed by atoms with Crippen LogP contribution in [-0.2, 0) is 14.3 Å². The van der Waals surface area contributed by atoms with E-state index in [0.717, 1.165) is 25.7 Å². The fourth-order valence-electron chi connectivity index (χ4n) is 5.16. The minimum Gasteiger partial charge on any atom is -0.359 e. The van der Waals surface area contributed by atoms with E-state index in [9.17, 15) is 4.79 Å². The molecule has 0 aromatic carbocycles. The van der Waals surface area contributed by atoms with Gasteiger partial charge in [0.05, 0.1) is 5.60 Å². The Bertz CT molecular complexity index is 541. The monoisotopic (exact) mass is 318 g/mol. The lowest BCUT2D eigenvalue weighted by molar-refractivity contribution is -0.130. The number of fused-ring (bicyclic) bond motifs is 2. The van der Waals surface area contributed by atoms with Gasteiger partial charge in [-0.05, 0) is 56.8 Å². The molecule has 0 bridgehead atoms. The van der Waals surface area contributed by atoms with Crippen LogP contribution in [0.4, 0.5) is 0 Å². The first-order valence-corrected chi connectivity index (χ1v) is 8.99. The van der Waals surface area contributed by atoms with Gasteiger partial charge in [0.25, 0.3) is 0 Å². The highest BCUT2D eigenvalue weighted by atomic mass is 16.7. The van der Waals surface area contributed by atoms with Gasteiger partial charge in [0.2, 0.25) is 0 Å². The summed E-state index contributed by atoms with van der Waals surface area (Å²) in [6.07, 6.45) is 7.30. The molecule has 4 atom stereocenters. The molecule has 0 aromatic heterocycles. The second kappa shape index (κ2) is 5.90. The topological polar surface area (TPSA) is 35.5 Å². The van der Waals surface area contributed by atoms with Crippen molar-refractivity contribution in [2.75, 3.05) is 13.9 Å². The molecule has 23 heavy (non-hydrogen) atoms. The molecule has 3 heteroatoms. The Morgan fingerprint density at radius 3 is 2.87 bits per heavy atom. The number of hydrogen-bond acceptors (Lipinski definition) is 3. The van der Waals surface area contributed by atoms with Crippen molar-refractivity contribution in [3.8, 4) is 11.8 Å². The highest BCUT2D eigenvalue weighted by molar-refractivity contribution is 5.83. The van der Waals surface area contributed by atoms with Crippen LogP contribution >= 0.6 is 0 Å². The molecule has 3 aliphatic rings. The lowest BCUT2D eigenvalue weighted by Crippen LogP contribution is -2.38. The van der Waals surface area contributed by atoms with E-state index in [1.807, 2.05) is 0 Å². The minimum absolute atomic E-state index is 0.212. The molecule has 1 spiro atoms. The summed E-state index contributed by atoms with van der Waals surface area (Å²) in [4.78, 5) is 12.3. The Labute approximate surface area is 140 Å². The molecule has 0 radical (unpaired) electrons. The second-order valence-corrected chi connectivity index (χ2v) is 8.55. The van der Waals surface area contributed by atoms with Crippen molar-refractivity contribution < 1.29 is 14.3 Å². The first-order valence-electron chi connectivity index (χ1n) is 8.99. The smallest absolute Gasteiger partial charge is 0.147 e. The zero-order chi connectivity index (χ0) is 16.7. The number of carbonyl (C=O) groups is 1. The fraction of sp³-hybridized carbons (Fsp3) is 0.850. The first kappa shape index (κ1) is 17.0. The molecular weight excluding hydrogens is 288 g/mol. The number of methoxy groups -OCH3 is 1. The molecule has 3 fully saturated rings. The summed E-state index contributed by atoms with van der Waals surface area (Å²) < 4.78 is 10.6. The van der Waals surface area contributed by atoms with Gasteiger partial charge in [-0.2, -0.15) is 0 Å². The molecule has 0 heterocycles. The summed E-state index contributed by atoms with van der Waals surface area (Å²) in [6, 6.07) is 0. The third-order valence-corrected chi connectivity index (χ3v) is 6.73. The van der Waals surface area contributed by atoms with Crippen LogP contribution in [0, 0.1) is 34.5 Å². The summed E-state index contributed by atoms with van der Waals surface area (Å²) in [5.41, 5.74) is 0.274. The van der Waals surface area contributed by atoms with Crippen molar-refractivity contribution in [2.24, 2.45) is 22.7 Å². The van der Waals surface area contributed by atoms with E-state index in [0.29, 0.717) is 29.8 Å². The summed E-state index contributed by atoms with van der Waals surface area (Å²) >= 11 is 0. The number of ether oxygens (including phenoxy) is 2. The van der Waals surface area contributed by atoms with Gasteiger partial charge in [-0.25, -0.2) is 0 Å². The van der Waals surface area contributed by atoms with Gasteiger partial charge in [-0.15, -0.1) is 5.92 Å². The average molecular weight is 318 g/mol. The van der Waals surface area contributed by atoms with Gasteiger partial charge < -0.3 is 9.47 Å². The zero-order valence-corrected chi connectivity index (χ0v) is 15.0. The highest BCUT2D eigenvalue weighted by Crippen LogP contribution is 2.75. The van der Waals surface area contributed by atoms with Crippen molar-refractivity contribution in [1.29, 1.82) is 0 Å². The van der Waals surface area contributed by atoms with Gasteiger partial charge in [-0.1, -0.05) is 12.8 Å². The van der Waals surface area contributed by atoms with Crippen molar-refractivity contribution in [3.05, 3.63) is 0 Å². The Hall–Kier alpha value is -0.850. The highest BCUT2D eigenvalue weighted by Gasteiger charge is 2.70. The van der Waals surface area contributed by atoms with Crippen molar-refractivity contribution in [3.63, 3.8) is 0 Å². The van der Waals surface area contributed by atoms with E-state index >= 15 is 0 Å². The van der Waals surface area contributed by atoms with E-state index in [4.69, 9.17) is 9.47 Å². The number of Topliss-reactive ketones (excluding diaryl/α,β-unsaturated/α-hetero) is 1. The molecule has 0 aliphatic heterocycles. The second-order valence-electron chi connectivity index (χ2n) is 8.55. The maximum absolute atomic E-state index is 12.3. The van der Waals surface area contributed by atoms with E-state index in [-0.39, 0.29) is 11.0 Å². The number of carbonyl (C=O) groups excluding carboxylic acids is 1. The summed E-state index contributed by atoms with van der Waals surface area (Å²) in [6.45, 7) is 6.78. The van der Waals surface area contributed by atoms with E-state index in [1.54, 1.807) is 7.11 Å². The van der Waals surface area contributed by atoms with Crippen LogP contribution in [0.15, 0.2) is 0 Å². The minimum atomic E-state index is -0.270. The van der Waals surface area contributed by atoms with E-state index in [2.05, 4.69) is 32.6 Å². The van der Waals surface area contributed by atoms with Crippen molar-refractivity contribution in [2.45, 2.75) is 71.3 Å². The van der Waals surface area contributed by atoms with Crippen LogP contribution in [0.5, 0.6) is 0 Å². The SMILES string of the molecule is COCOC(C)(C)CC#C[C@H]1C[C@@]12CC[C@H]1C(=O)CCC[C@@]12C. The molecule has 3 rings (SSSR count). The average Bonchev–Trinajstić information content (AvgIpc) is 3.11. The van der Waals surface area contributed by atoms with Gasteiger partial charge in [0.1, 0.15) is 12.6 Å². The molecule has 128 valence electrons. The number of rotatable bonds is 4. The summed E-state index contributed by atoms with van der Waals surface area (Å²) in [5, 5.41) is 0. The normalized spacial score (nSPS) is 39.0. The molecule has 0 N–H and O–H groups in total. The Kier molecular flexibility index (Phi) is 4.36. The standard InChI is InChI=1S/C20H30O3/c1-18(2,23-14-22-4)10-5-7-15-13-20(15)12-9-16-17(21)8-6-11-19(16,20)3/h15-16H,6,8-14H2,1-4H3/t15-,16-,19-,20-/m0/s1. The quantitative estimate of drug-likeness (QED) is 0.581. The van der Waals surface area contributed by atoms with Crippen LogP contribution in [0.1, 0.15) is 65.7 Å². The van der Waals surface area contributed by atoms with Crippen molar-refractivity contribution >= 4 is 5.78 Å². The van der Waals surface area contributed by atoms with Gasteiger partial charge in [0.15, 0.2) is 0 Å².